The third kappa shape index (κ3) is 5.18. The van der Waals surface area contributed by atoms with Gasteiger partial charge in [0.2, 0.25) is 0 Å². The number of aromatic amines is 1. The van der Waals surface area contributed by atoms with Crippen molar-refractivity contribution < 1.29 is 0 Å². The Morgan fingerprint density at radius 2 is 1.97 bits per heavy atom. The van der Waals surface area contributed by atoms with E-state index in [-0.39, 0.29) is 5.54 Å². The summed E-state index contributed by atoms with van der Waals surface area (Å²) < 4.78 is 0. The average molecular weight is 528 g/mol. The Labute approximate surface area is 228 Å². The van der Waals surface area contributed by atoms with Crippen LogP contribution in [-0.2, 0) is 6.42 Å². The second-order valence-electron chi connectivity index (χ2n) is 10.8. The zero-order valence-corrected chi connectivity index (χ0v) is 22.8. The molecule has 7 nitrogen and oxygen atoms in total. The lowest BCUT2D eigenvalue weighted by Gasteiger charge is -2.36. The standard InChI is InChI=1S/C30H34ClN7/c1-3-12-34-28-20(15-24(36-28)21-6-4-5-7-23(21)31)16-26-35-25-18-33-17-22(19-8-9-19)27(25)29(37-26)38-30(2)10-13-32-14-11-30/h4-7,12,15,17-19,32,36H,3,8-11,13-14,16H2,1-2H3,(H,35,37,38)/b34-12-. The number of halogens is 1. The molecule has 4 aromatic rings. The zero-order chi connectivity index (χ0) is 26.1. The quantitative estimate of drug-likeness (QED) is 0.219. The monoisotopic (exact) mass is 527 g/mol. The van der Waals surface area contributed by atoms with Crippen molar-refractivity contribution in [2.45, 2.75) is 63.8 Å². The third-order valence-electron chi connectivity index (χ3n) is 7.62. The molecule has 3 aromatic heterocycles. The molecular weight excluding hydrogens is 494 g/mol. The number of piperidine rings is 1. The van der Waals surface area contributed by atoms with E-state index in [9.17, 15) is 0 Å². The van der Waals surface area contributed by atoms with Gasteiger partial charge in [-0.05, 0) is 75.7 Å². The van der Waals surface area contributed by atoms with Gasteiger partial charge in [-0.3, -0.25) is 4.98 Å². The summed E-state index contributed by atoms with van der Waals surface area (Å²) >= 11 is 6.52. The third-order valence-corrected chi connectivity index (χ3v) is 7.95. The van der Waals surface area contributed by atoms with Crippen LogP contribution >= 0.6 is 11.6 Å². The van der Waals surface area contributed by atoms with Crippen molar-refractivity contribution in [3.8, 4) is 11.3 Å². The van der Waals surface area contributed by atoms with Crippen LogP contribution in [0.2, 0.25) is 5.02 Å². The Morgan fingerprint density at radius 1 is 1.16 bits per heavy atom. The highest BCUT2D eigenvalue weighted by Gasteiger charge is 2.31. The highest BCUT2D eigenvalue weighted by molar-refractivity contribution is 6.33. The molecule has 0 bridgehead atoms. The predicted octanol–water partition coefficient (Wildman–Crippen LogP) is 6.81. The summed E-state index contributed by atoms with van der Waals surface area (Å²) in [5, 5.41) is 9.17. The average Bonchev–Trinajstić information content (AvgIpc) is 3.69. The van der Waals surface area contributed by atoms with Gasteiger partial charge in [0.05, 0.1) is 11.7 Å². The Balaban J connectivity index is 1.42. The van der Waals surface area contributed by atoms with Crippen LogP contribution in [0.15, 0.2) is 47.7 Å². The first-order valence-electron chi connectivity index (χ1n) is 13.7. The minimum absolute atomic E-state index is 0.0181. The van der Waals surface area contributed by atoms with Gasteiger partial charge < -0.3 is 15.6 Å². The molecule has 1 saturated heterocycles. The highest BCUT2D eigenvalue weighted by atomic mass is 35.5. The van der Waals surface area contributed by atoms with Gasteiger partial charge >= 0.3 is 0 Å². The molecule has 3 N–H and O–H groups in total. The largest absolute Gasteiger partial charge is 0.364 e. The van der Waals surface area contributed by atoms with Crippen LogP contribution in [0.5, 0.6) is 0 Å². The Morgan fingerprint density at radius 3 is 2.74 bits per heavy atom. The molecule has 4 heterocycles. The van der Waals surface area contributed by atoms with Crippen LogP contribution in [0.1, 0.15) is 68.8 Å². The van der Waals surface area contributed by atoms with E-state index < -0.39 is 0 Å². The second kappa shape index (κ2) is 10.5. The Kier molecular flexibility index (Phi) is 6.89. The zero-order valence-electron chi connectivity index (χ0n) is 22.0. The van der Waals surface area contributed by atoms with Gasteiger partial charge in [-0.15, -0.1) is 0 Å². The fraction of sp³-hybridized carbons (Fsp3) is 0.400. The molecule has 2 aliphatic rings. The molecule has 0 amide bonds. The molecule has 1 saturated carbocycles. The number of aromatic nitrogens is 4. The molecule has 0 atom stereocenters. The molecule has 0 spiro atoms. The fourth-order valence-corrected chi connectivity index (χ4v) is 5.57. The molecular formula is C30H34ClN7. The van der Waals surface area contributed by atoms with Crippen molar-refractivity contribution in [3.63, 3.8) is 0 Å². The van der Waals surface area contributed by atoms with Crippen molar-refractivity contribution in [1.82, 2.24) is 25.3 Å². The number of benzene rings is 1. The number of aliphatic imine (C=N–C) groups is 1. The van der Waals surface area contributed by atoms with Crippen LogP contribution in [0.25, 0.3) is 22.2 Å². The number of hydrogen-bond acceptors (Lipinski definition) is 6. The smallest absolute Gasteiger partial charge is 0.138 e. The van der Waals surface area contributed by atoms with Gasteiger partial charge in [0.25, 0.3) is 0 Å². The van der Waals surface area contributed by atoms with Crippen molar-refractivity contribution in [2.75, 3.05) is 18.4 Å². The second-order valence-corrected chi connectivity index (χ2v) is 11.2. The van der Waals surface area contributed by atoms with Crippen LogP contribution in [0.3, 0.4) is 0 Å². The maximum absolute atomic E-state index is 6.52. The van der Waals surface area contributed by atoms with Gasteiger partial charge in [0.1, 0.15) is 17.5 Å². The van der Waals surface area contributed by atoms with E-state index in [1.807, 2.05) is 42.9 Å². The summed E-state index contributed by atoms with van der Waals surface area (Å²) in [4.78, 5) is 22.9. The molecule has 0 radical (unpaired) electrons. The van der Waals surface area contributed by atoms with Crippen LogP contribution in [-0.4, -0.2) is 44.8 Å². The van der Waals surface area contributed by atoms with E-state index in [2.05, 4.69) is 40.5 Å². The molecule has 1 aromatic carbocycles. The van der Waals surface area contributed by atoms with E-state index in [1.54, 1.807) is 0 Å². The minimum atomic E-state index is -0.0181. The normalized spacial score (nSPS) is 17.3. The number of fused-ring (bicyclic) bond motifs is 1. The van der Waals surface area contributed by atoms with E-state index in [4.69, 9.17) is 26.6 Å². The molecule has 0 unspecified atom stereocenters. The predicted molar refractivity (Wildman–Crippen MR) is 156 cm³/mol. The van der Waals surface area contributed by atoms with Gasteiger partial charge in [-0.25, -0.2) is 15.0 Å². The highest BCUT2D eigenvalue weighted by Crippen LogP contribution is 2.44. The summed E-state index contributed by atoms with van der Waals surface area (Å²) in [7, 11) is 0. The van der Waals surface area contributed by atoms with E-state index in [1.165, 1.54) is 18.4 Å². The first kappa shape index (κ1) is 25.0. The lowest BCUT2D eigenvalue weighted by atomic mass is 9.90. The van der Waals surface area contributed by atoms with Gasteiger partial charge in [0, 0.05) is 51.6 Å². The molecule has 2 fully saturated rings. The van der Waals surface area contributed by atoms with Gasteiger partial charge in [-0.1, -0.05) is 36.7 Å². The van der Waals surface area contributed by atoms with Crippen molar-refractivity contribution in [3.05, 3.63) is 64.7 Å². The summed E-state index contributed by atoms with van der Waals surface area (Å²) in [6.45, 7) is 6.39. The first-order valence-corrected chi connectivity index (χ1v) is 14.0. The lowest BCUT2D eigenvalue weighted by molar-refractivity contribution is 0.364. The number of nitrogens with zero attached hydrogens (tertiary/aromatic N) is 4. The van der Waals surface area contributed by atoms with Crippen molar-refractivity contribution in [1.29, 1.82) is 0 Å². The van der Waals surface area contributed by atoms with Gasteiger partial charge in [0.15, 0.2) is 0 Å². The maximum atomic E-state index is 6.52. The maximum Gasteiger partial charge on any atom is 0.138 e. The van der Waals surface area contributed by atoms with Crippen molar-refractivity contribution >= 4 is 40.4 Å². The minimum Gasteiger partial charge on any atom is -0.364 e. The Bertz CT molecular complexity index is 1480. The number of hydrogen-bond donors (Lipinski definition) is 3. The van der Waals surface area contributed by atoms with Gasteiger partial charge in [-0.2, -0.15) is 0 Å². The van der Waals surface area contributed by atoms with E-state index >= 15 is 0 Å². The summed E-state index contributed by atoms with van der Waals surface area (Å²) in [5.41, 5.74) is 5.08. The lowest BCUT2D eigenvalue weighted by Crippen LogP contribution is -2.45. The number of rotatable bonds is 8. The molecule has 38 heavy (non-hydrogen) atoms. The van der Waals surface area contributed by atoms with E-state index in [0.29, 0.717) is 17.4 Å². The molecule has 196 valence electrons. The van der Waals surface area contributed by atoms with Crippen LogP contribution < -0.4 is 10.6 Å². The number of pyridine rings is 1. The number of anilines is 1. The molecule has 8 heteroatoms. The number of nitrogens with one attached hydrogen (secondary N) is 3. The molecule has 6 rings (SSSR count). The molecule has 1 aliphatic carbocycles. The fourth-order valence-electron chi connectivity index (χ4n) is 5.33. The van der Waals surface area contributed by atoms with Crippen LogP contribution in [0.4, 0.5) is 11.6 Å². The SMILES string of the molecule is CC/C=N\c1[nH]c(-c2ccccc2Cl)cc1Cc1nc(NC2(C)CCNCC2)c2c(C3CC3)cncc2n1. The van der Waals surface area contributed by atoms with Crippen LogP contribution in [0, 0.1) is 0 Å². The number of H-pyrrole nitrogens is 1. The summed E-state index contributed by atoms with van der Waals surface area (Å²) in [6, 6.07) is 9.98. The van der Waals surface area contributed by atoms with E-state index in [0.717, 1.165) is 77.5 Å². The Hall–Kier alpha value is -3.29. The summed E-state index contributed by atoms with van der Waals surface area (Å²) in [5.74, 6) is 3.05. The van der Waals surface area contributed by atoms with Crippen molar-refractivity contribution in [2.24, 2.45) is 4.99 Å². The summed E-state index contributed by atoms with van der Waals surface area (Å²) in [6.07, 6.45) is 11.7. The molecule has 1 aliphatic heterocycles. The topological polar surface area (TPSA) is 90.9 Å². The first-order chi connectivity index (χ1) is 18.5.